The van der Waals surface area contributed by atoms with Gasteiger partial charge >= 0.3 is 0 Å². The number of hydrogen-bond donors (Lipinski definition) is 0. The molecule has 0 bridgehead atoms. The summed E-state index contributed by atoms with van der Waals surface area (Å²) in [5.74, 6) is 0. The molecule has 0 amide bonds. The molecule has 0 aliphatic heterocycles. The summed E-state index contributed by atoms with van der Waals surface area (Å²) in [5.41, 5.74) is 8.29. The summed E-state index contributed by atoms with van der Waals surface area (Å²) in [6.07, 6.45) is 0. The molecule has 0 aliphatic rings. The third-order valence-electron chi connectivity index (χ3n) is 10.6. The minimum Gasteiger partial charge on any atom is -0.456 e. The standard InChI is InChI=1S/C50H32N2OS/c1-3-16-35(17-4-1)51(41-23-13-26-45-49(41)39-21-9-11-25-44(39)53-45)37-31-34-30-29-33-15-7-8-20-38(33)48(34)43(32-37)52(36-18-5-2-6-19-36)42-24-14-28-47-50(42)40-22-10-12-27-46(40)54-47/h1-32H. The van der Waals surface area contributed by atoms with Crippen LogP contribution in [0.5, 0.6) is 0 Å². The monoisotopic (exact) mass is 708 g/mol. The Morgan fingerprint density at radius 1 is 0.333 bits per heavy atom. The van der Waals surface area contributed by atoms with E-state index in [0.29, 0.717) is 0 Å². The maximum atomic E-state index is 6.45. The average Bonchev–Trinajstić information content (AvgIpc) is 3.81. The Morgan fingerprint density at radius 2 is 0.926 bits per heavy atom. The number of benzene rings is 9. The Hall–Kier alpha value is -6.88. The van der Waals surface area contributed by atoms with Crippen molar-refractivity contribution < 1.29 is 4.42 Å². The van der Waals surface area contributed by atoms with Crippen LogP contribution in [0.4, 0.5) is 34.1 Å². The van der Waals surface area contributed by atoms with E-state index in [1.54, 1.807) is 0 Å². The van der Waals surface area contributed by atoms with Crippen LogP contribution in [0.15, 0.2) is 199 Å². The number of thiophene rings is 1. The SMILES string of the molecule is c1ccc(N(c2cc(N(c3ccccc3)c3cccc4sc5ccccc5c34)c3c(ccc4ccccc43)c2)c2cccc3oc4ccccc4c23)cc1. The van der Waals surface area contributed by atoms with Crippen molar-refractivity contribution in [2.24, 2.45) is 0 Å². The molecule has 4 heteroatoms. The number of nitrogens with zero attached hydrogens (tertiary/aromatic N) is 2. The molecule has 3 nitrogen and oxygen atoms in total. The van der Waals surface area contributed by atoms with Crippen LogP contribution in [0.25, 0.3) is 63.7 Å². The molecule has 0 spiro atoms. The highest BCUT2D eigenvalue weighted by atomic mass is 32.1. The highest BCUT2D eigenvalue weighted by Crippen LogP contribution is 2.50. The van der Waals surface area contributed by atoms with E-state index >= 15 is 0 Å². The predicted molar refractivity (Wildman–Crippen MR) is 231 cm³/mol. The molecular weight excluding hydrogens is 677 g/mol. The van der Waals surface area contributed by atoms with Gasteiger partial charge in [-0.05, 0) is 89.0 Å². The molecule has 2 aromatic heterocycles. The zero-order valence-corrected chi connectivity index (χ0v) is 30.0. The molecule has 0 saturated carbocycles. The van der Waals surface area contributed by atoms with Gasteiger partial charge in [-0.15, -0.1) is 11.3 Å². The molecule has 11 aromatic rings. The van der Waals surface area contributed by atoms with Gasteiger partial charge in [-0.25, -0.2) is 0 Å². The van der Waals surface area contributed by atoms with Crippen molar-refractivity contribution in [3.8, 4) is 0 Å². The van der Waals surface area contributed by atoms with Gasteiger partial charge in [0.25, 0.3) is 0 Å². The second-order valence-corrected chi connectivity index (χ2v) is 14.8. The molecule has 2 heterocycles. The molecule has 0 radical (unpaired) electrons. The molecule has 0 unspecified atom stereocenters. The summed E-state index contributed by atoms with van der Waals surface area (Å²) in [6, 6.07) is 69.8. The van der Waals surface area contributed by atoms with Gasteiger partial charge in [0.2, 0.25) is 0 Å². The van der Waals surface area contributed by atoms with Crippen molar-refractivity contribution >= 4 is 109 Å². The molecule has 0 fully saturated rings. The smallest absolute Gasteiger partial charge is 0.137 e. The van der Waals surface area contributed by atoms with E-state index in [4.69, 9.17) is 4.42 Å². The Morgan fingerprint density at radius 3 is 1.74 bits per heavy atom. The first-order valence-electron chi connectivity index (χ1n) is 18.3. The first-order valence-corrected chi connectivity index (χ1v) is 19.1. The summed E-state index contributed by atoms with van der Waals surface area (Å²) in [6.45, 7) is 0. The van der Waals surface area contributed by atoms with E-state index in [9.17, 15) is 0 Å². The predicted octanol–water partition coefficient (Wildman–Crippen LogP) is 15.2. The molecule has 11 rings (SSSR count). The lowest BCUT2D eigenvalue weighted by molar-refractivity contribution is 0.669. The van der Waals surface area contributed by atoms with Gasteiger partial charge in [-0.1, -0.05) is 121 Å². The molecule has 0 N–H and O–H groups in total. The van der Waals surface area contributed by atoms with Crippen LogP contribution in [0, 0.1) is 0 Å². The number of furan rings is 1. The maximum Gasteiger partial charge on any atom is 0.137 e. The van der Waals surface area contributed by atoms with E-state index in [1.165, 1.54) is 36.3 Å². The van der Waals surface area contributed by atoms with Crippen LogP contribution in [-0.4, -0.2) is 0 Å². The van der Waals surface area contributed by atoms with Crippen LogP contribution in [0.2, 0.25) is 0 Å². The molecule has 0 atom stereocenters. The fourth-order valence-corrected chi connectivity index (χ4v) is 9.41. The first-order chi connectivity index (χ1) is 26.8. The fourth-order valence-electron chi connectivity index (χ4n) is 8.29. The van der Waals surface area contributed by atoms with E-state index in [0.717, 1.165) is 61.4 Å². The third-order valence-corrected chi connectivity index (χ3v) is 11.7. The summed E-state index contributed by atoms with van der Waals surface area (Å²) < 4.78 is 9.00. The zero-order chi connectivity index (χ0) is 35.6. The van der Waals surface area contributed by atoms with E-state index in [-0.39, 0.29) is 0 Å². The number of anilines is 6. The van der Waals surface area contributed by atoms with Crippen LogP contribution in [-0.2, 0) is 0 Å². The molecular formula is C50H32N2OS. The van der Waals surface area contributed by atoms with Crippen molar-refractivity contribution in [2.45, 2.75) is 0 Å². The molecule has 0 saturated heterocycles. The van der Waals surface area contributed by atoms with Crippen molar-refractivity contribution in [3.63, 3.8) is 0 Å². The number of para-hydroxylation sites is 3. The Kier molecular flexibility index (Phi) is 7.04. The van der Waals surface area contributed by atoms with Crippen LogP contribution >= 0.6 is 11.3 Å². The lowest BCUT2D eigenvalue weighted by Crippen LogP contribution is -2.14. The first kappa shape index (κ1) is 30.7. The van der Waals surface area contributed by atoms with Gasteiger partial charge < -0.3 is 14.2 Å². The van der Waals surface area contributed by atoms with Gasteiger partial charge in [0, 0.05) is 48.0 Å². The Labute approximate surface area is 316 Å². The Balaban J connectivity index is 1.28. The molecule has 0 aliphatic carbocycles. The summed E-state index contributed by atoms with van der Waals surface area (Å²) in [4.78, 5) is 4.88. The average molecular weight is 709 g/mol. The van der Waals surface area contributed by atoms with Gasteiger partial charge in [-0.3, -0.25) is 0 Å². The maximum absolute atomic E-state index is 6.45. The zero-order valence-electron chi connectivity index (χ0n) is 29.2. The Bertz CT molecular complexity index is 3180. The van der Waals surface area contributed by atoms with E-state index in [1.807, 2.05) is 17.4 Å². The highest BCUT2D eigenvalue weighted by molar-refractivity contribution is 7.26. The second-order valence-electron chi connectivity index (χ2n) is 13.7. The van der Waals surface area contributed by atoms with Gasteiger partial charge in [-0.2, -0.15) is 0 Å². The normalized spacial score (nSPS) is 11.7. The lowest BCUT2D eigenvalue weighted by Gasteiger charge is -2.31. The topological polar surface area (TPSA) is 19.6 Å². The third kappa shape index (κ3) is 4.81. The summed E-state index contributed by atoms with van der Waals surface area (Å²) in [5, 5.41) is 9.50. The second kappa shape index (κ2) is 12.4. The number of hydrogen-bond acceptors (Lipinski definition) is 4. The quantitative estimate of drug-likeness (QED) is 0.160. The van der Waals surface area contributed by atoms with Gasteiger partial charge in [0.05, 0.1) is 22.4 Å². The largest absolute Gasteiger partial charge is 0.456 e. The molecule has 54 heavy (non-hydrogen) atoms. The highest BCUT2D eigenvalue weighted by Gasteiger charge is 2.25. The van der Waals surface area contributed by atoms with Gasteiger partial charge in [0.15, 0.2) is 0 Å². The van der Waals surface area contributed by atoms with Crippen molar-refractivity contribution in [3.05, 3.63) is 194 Å². The summed E-state index contributed by atoms with van der Waals surface area (Å²) in [7, 11) is 0. The van der Waals surface area contributed by atoms with Crippen molar-refractivity contribution in [2.75, 3.05) is 9.80 Å². The summed E-state index contributed by atoms with van der Waals surface area (Å²) >= 11 is 1.85. The minimum atomic E-state index is 0.864. The molecule has 254 valence electrons. The minimum absolute atomic E-state index is 0.864. The van der Waals surface area contributed by atoms with Gasteiger partial charge in [0.1, 0.15) is 11.2 Å². The molecule has 9 aromatic carbocycles. The fraction of sp³-hybridized carbons (Fsp3) is 0. The number of rotatable bonds is 6. The van der Waals surface area contributed by atoms with Crippen molar-refractivity contribution in [1.29, 1.82) is 0 Å². The van der Waals surface area contributed by atoms with Crippen LogP contribution in [0.3, 0.4) is 0 Å². The van der Waals surface area contributed by atoms with E-state index in [2.05, 4.69) is 198 Å². The van der Waals surface area contributed by atoms with Crippen LogP contribution in [0.1, 0.15) is 0 Å². The van der Waals surface area contributed by atoms with Crippen molar-refractivity contribution in [1.82, 2.24) is 0 Å². The lowest BCUT2D eigenvalue weighted by atomic mass is 9.97. The number of fused-ring (bicyclic) bond motifs is 9. The van der Waals surface area contributed by atoms with Crippen LogP contribution < -0.4 is 9.80 Å². The van der Waals surface area contributed by atoms with E-state index < -0.39 is 0 Å².